The normalized spacial score (nSPS) is 13.9. The smallest absolute Gasteiger partial charge is 0.302 e. The van der Waals surface area contributed by atoms with E-state index in [1.807, 2.05) is 0 Å². The van der Waals surface area contributed by atoms with Gasteiger partial charge in [-0.2, -0.15) is 22.0 Å². The number of rotatable bonds is 4. The summed E-state index contributed by atoms with van der Waals surface area (Å²) < 4.78 is 63.4. The van der Waals surface area contributed by atoms with Gasteiger partial charge in [-0.05, 0) is 16.3 Å². The maximum absolute atomic E-state index is 13.2. The Bertz CT molecular complexity index is 716. The van der Waals surface area contributed by atoms with Crippen LogP contribution in [-0.4, -0.2) is 24.2 Å². The van der Waals surface area contributed by atoms with E-state index >= 15 is 0 Å². The predicted octanol–water partition coefficient (Wildman–Crippen LogP) is 3.89. The summed E-state index contributed by atoms with van der Waals surface area (Å²) in [6.07, 6.45) is -6.24. The van der Waals surface area contributed by atoms with Crippen molar-refractivity contribution < 1.29 is 31.5 Å². The third kappa shape index (κ3) is 2.58. The molecule has 1 unspecified atom stereocenters. The quantitative estimate of drug-likeness (QED) is 0.487. The first-order valence-corrected chi connectivity index (χ1v) is 6.12. The Morgan fingerprint density at radius 2 is 1.55 bits per heavy atom. The Labute approximate surface area is 121 Å². The predicted molar refractivity (Wildman–Crippen MR) is 68.8 cm³/mol. The van der Waals surface area contributed by atoms with E-state index in [-0.39, 0.29) is 17.2 Å². The molecule has 0 aliphatic heterocycles. The molecule has 7 heteroatoms. The highest BCUT2D eigenvalue weighted by molar-refractivity contribution is 6.06. The van der Waals surface area contributed by atoms with Crippen molar-refractivity contribution in [2.45, 2.75) is 18.0 Å². The maximum Gasteiger partial charge on any atom is 0.461 e. The van der Waals surface area contributed by atoms with Crippen molar-refractivity contribution in [2.24, 2.45) is 0 Å². The molecular weight excluding hydrogens is 307 g/mol. The number of halogens is 5. The number of benzene rings is 2. The van der Waals surface area contributed by atoms with E-state index in [0.29, 0.717) is 5.39 Å². The molecule has 0 N–H and O–H groups in total. The molecule has 0 spiro atoms. The lowest BCUT2D eigenvalue weighted by atomic mass is 9.88. The van der Waals surface area contributed by atoms with Crippen LogP contribution >= 0.6 is 0 Å². The van der Waals surface area contributed by atoms with Crippen molar-refractivity contribution >= 4 is 22.8 Å². The van der Waals surface area contributed by atoms with E-state index in [2.05, 4.69) is 0 Å². The van der Waals surface area contributed by atoms with Crippen LogP contribution in [-0.2, 0) is 9.59 Å². The van der Waals surface area contributed by atoms with Crippen molar-refractivity contribution in [3.05, 3.63) is 48.0 Å². The van der Waals surface area contributed by atoms with E-state index in [4.69, 9.17) is 0 Å². The molecular formula is C15H9F5O2. The van der Waals surface area contributed by atoms with Gasteiger partial charge in [0.05, 0.1) is 0 Å². The summed E-state index contributed by atoms with van der Waals surface area (Å²) in [5.41, 5.74) is -0.179. The average Bonchev–Trinajstić information content (AvgIpc) is 2.47. The third-order valence-electron chi connectivity index (χ3n) is 3.24. The van der Waals surface area contributed by atoms with E-state index in [1.165, 1.54) is 24.3 Å². The second-order valence-electron chi connectivity index (χ2n) is 4.62. The molecule has 116 valence electrons. The molecule has 22 heavy (non-hydrogen) atoms. The molecule has 0 saturated carbocycles. The van der Waals surface area contributed by atoms with Crippen molar-refractivity contribution in [3.8, 4) is 0 Å². The average molecular weight is 316 g/mol. The lowest BCUT2D eigenvalue weighted by molar-refractivity contribution is -0.269. The molecule has 0 radical (unpaired) electrons. The van der Waals surface area contributed by atoms with Crippen LogP contribution in [0.1, 0.15) is 11.5 Å². The summed E-state index contributed by atoms with van der Waals surface area (Å²) in [6, 6.07) is 10.4. The van der Waals surface area contributed by atoms with Crippen LogP contribution in [0, 0.1) is 0 Å². The largest absolute Gasteiger partial charge is 0.461 e. The summed E-state index contributed by atoms with van der Waals surface area (Å²) in [5, 5.41) is 0.795. The number of hydrogen-bond acceptors (Lipinski definition) is 2. The Morgan fingerprint density at radius 3 is 2.14 bits per heavy atom. The fourth-order valence-electron chi connectivity index (χ4n) is 2.13. The van der Waals surface area contributed by atoms with E-state index in [0.717, 1.165) is 0 Å². The molecule has 0 bridgehead atoms. The fraction of sp³-hybridized carbons (Fsp3) is 0.200. The SMILES string of the molecule is O=CC(C(=O)C(F)(F)C(F)(F)F)c1cccc2ccccc12. The summed E-state index contributed by atoms with van der Waals surface area (Å²) in [7, 11) is 0. The van der Waals surface area contributed by atoms with Crippen LogP contribution in [0.25, 0.3) is 10.8 Å². The van der Waals surface area contributed by atoms with Gasteiger partial charge in [0, 0.05) is 0 Å². The number of alkyl halides is 5. The second-order valence-corrected chi connectivity index (χ2v) is 4.62. The number of hydrogen-bond donors (Lipinski definition) is 0. The van der Waals surface area contributed by atoms with Crippen LogP contribution in [0.4, 0.5) is 22.0 Å². The van der Waals surface area contributed by atoms with Crippen LogP contribution in [0.15, 0.2) is 42.5 Å². The summed E-state index contributed by atoms with van der Waals surface area (Å²) in [4.78, 5) is 22.6. The molecule has 1 atom stereocenters. The first-order valence-electron chi connectivity index (χ1n) is 6.12. The van der Waals surface area contributed by atoms with Crippen molar-refractivity contribution in [3.63, 3.8) is 0 Å². The van der Waals surface area contributed by atoms with Gasteiger partial charge in [-0.15, -0.1) is 0 Å². The molecule has 0 aromatic heterocycles. The highest BCUT2D eigenvalue weighted by Gasteiger charge is 2.64. The standard InChI is InChI=1S/C15H9F5O2/c16-14(17,15(18,19)20)13(22)12(8-21)11-7-3-5-9-4-1-2-6-10(9)11/h1-8,12H. The molecule has 0 fully saturated rings. The van der Waals surface area contributed by atoms with Crippen molar-refractivity contribution in [1.82, 2.24) is 0 Å². The summed E-state index contributed by atoms with van der Waals surface area (Å²) in [5.74, 6) is -10.3. The molecule has 0 saturated heterocycles. The summed E-state index contributed by atoms with van der Waals surface area (Å²) >= 11 is 0. The maximum atomic E-state index is 13.2. The van der Waals surface area contributed by atoms with Gasteiger partial charge < -0.3 is 4.79 Å². The van der Waals surface area contributed by atoms with Crippen LogP contribution in [0.5, 0.6) is 0 Å². The zero-order valence-corrected chi connectivity index (χ0v) is 10.9. The Balaban J connectivity index is 2.57. The fourth-order valence-corrected chi connectivity index (χ4v) is 2.13. The van der Waals surface area contributed by atoms with Crippen LogP contribution in [0.2, 0.25) is 0 Å². The number of Topliss-reactive ketones (excluding diaryl/α,β-unsaturated/α-hetero) is 1. The van der Waals surface area contributed by atoms with Gasteiger partial charge >= 0.3 is 12.1 Å². The molecule has 0 aliphatic carbocycles. The zero-order valence-electron chi connectivity index (χ0n) is 10.9. The van der Waals surface area contributed by atoms with E-state index in [1.54, 1.807) is 18.2 Å². The molecule has 2 rings (SSSR count). The number of fused-ring (bicyclic) bond motifs is 1. The minimum absolute atomic E-state index is 0.179. The highest BCUT2D eigenvalue weighted by Crippen LogP contribution is 2.40. The third-order valence-corrected chi connectivity index (χ3v) is 3.24. The van der Waals surface area contributed by atoms with Crippen molar-refractivity contribution in [2.75, 3.05) is 0 Å². The Hall–Kier alpha value is -2.31. The van der Waals surface area contributed by atoms with Crippen molar-refractivity contribution in [1.29, 1.82) is 0 Å². The minimum Gasteiger partial charge on any atom is -0.302 e. The topological polar surface area (TPSA) is 34.1 Å². The lowest BCUT2D eigenvalue weighted by Gasteiger charge is -2.21. The van der Waals surface area contributed by atoms with Gasteiger partial charge in [0.1, 0.15) is 12.2 Å². The number of carbonyl (C=O) groups excluding carboxylic acids is 2. The molecule has 2 aromatic carbocycles. The van der Waals surface area contributed by atoms with Gasteiger partial charge in [0.15, 0.2) is 0 Å². The molecule has 0 heterocycles. The first-order chi connectivity index (χ1) is 10.2. The molecule has 2 nitrogen and oxygen atoms in total. The van der Waals surface area contributed by atoms with Gasteiger partial charge in [-0.3, -0.25) is 4.79 Å². The number of aldehydes is 1. The van der Waals surface area contributed by atoms with Gasteiger partial charge in [0.2, 0.25) is 5.78 Å². The summed E-state index contributed by atoms with van der Waals surface area (Å²) in [6.45, 7) is 0. The Morgan fingerprint density at radius 1 is 0.955 bits per heavy atom. The van der Waals surface area contributed by atoms with Crippen LogP contribution in [0.3, 0.4) is 0 Å². The number of carbonyl (C=O) groups is 2. The molecule has 0 amide bonds. The number of ketones is 1. The second kappa shape index (κ2) is 5.47. The van der Waals surface area contributed by atoms with Crippen LogP contribution < -0.4 is 0 Å². The van der Waals surface area contributed by atoms with E-state index in [9.17, 15) is 31.5 Å². The highest BCUT2D eigenvalue weighted by atomic mass is 19.4. The monoisotopic (exact) mass is 316 g/mol. The van der Waals surface area contributed by atoms with Gasteiger partial charge in [0.25, 0.3) is 0 Å². The molecule has 0 aliphatic rings. The van der Waals surface area contributed by atoms with E-state index < -0.39 is 23.8 Å². The lowest BCUT2D eigenvalue weighted by Crippen LogP contribution is -2.46. The molecule has 2 aromatic rings. The van der Waals surface area contributed by atoms with Gasteiger partial charge in [-0.1, -0.05) is 42.5 Å². The zero-order chi connectivity index (χ0) is 16.5. The Kier molecular flexibility index (Phi) is 4.00. The minimum atomic E-state index is -6.05. The van der Waals surface area contributed by atoms with Gasteiger partial charge in [-0.25, -0.2) is 0 Å². The first kappa shape index (κ1) is 16.1.